The van der Waals surface area contributed by atoms with E-state index in [1.165, 1.54) is 12.1 Å². The van der Waals surface area contributed by atoms with E-state index in [1.54, 1.807) is 4.90 Å². The number of rotatable bonds is 6. The number of sulfonamides is 1. The Kier molecular flexibility index (Phi) is 8.61. The van der Waals surface area contributed by atoms with Crippen LogP contribution in [0, 0.1) is 0 Å². The van der Waals surface area contributed by atoms with E-state index >= 15 is 0 Å². The topological polar surface area (TPSA) is 82.1 Å². The number of hydrogen-bond acceptors (Lipinski definition) is 6. The van der Waals surface area contributed by atoms with Crippen LogP contribution in [0.5, 0.6) is 5.75 Å². The second-order valence-corrected chi connectivity index (χ2v) is 13.1. The van der Waals surface area contributed by atoms with Gasteiger partial charge in [0.2, 0.25) is 10.0 Å². The van der Waals surface area contributed by atoms with Crippen molar-refractivity contribution in [3.63, 3.8) is 0 Å². The second-order valence-electron chi connectivity index (χ2n) is 11.4. The molecule has 7 nitrogen and oxygen atoms in total. The molecule has 1 fully saturated rings. The molecule has 14 heteroatoms. The number of nitrogens with zero attached hydrogens (tertiary/aromatic N) is 2. The van der Waals surface area contributed by atoms with Crippen LogP contribution in [0.2, 0.25) is 0 Å². The van der Waals surface area contributed by atoms with Crippen molar-refractivity contribution in [1.29, 1.82) is 0 Å². The summed E-state index contributed by atoms with van der Waals surface area (Å²) in [6.45, 7) is -0.169. The monoisotopic (exact) mass is 677 g/mol. The summed E-state index contributed by atoms with van der Waals surface area (Å²) < 4.78 is 112. The lowest BCUT2D eigenvalue weighted by molar-refractivity contribution is -0.274. The Labute approximate surface area is 267 Å². The van der Waals surface area contributed by atoms with Crippen molar-refractivity contribution in [2.45, 2.75) is 48.5 Å². The third-order valence-electron chi connectivity index (χ3n) is 8.34. The summed E-state index contributed by atoms with van der Waals surface area (Å²) in [5.74, 6) is -0.622. The molecule has 4 aromatic carbocycles. The van der Waals surface area contributed by atoms with Gasteiger partial charge in [-0.2, -0.15) is 13.2 Å². The predicted molar refractivity (Wildman–Crippen MR) is 163 cm³/mol. The molecule has 0 radical (unpaired) electrons. The maximum Gasteiger partial charge on any atom is 0.573 e. The minimum Gasteiger partial charge on any atom is -0.406 e. The molecule has 47 heavy (non-hydrogen) atoms. The number of fused-ring (bicyclic) bond motifs is 2. The molecule has 2 aliphatic heterocycles. The van der Waals surface area contributed by atoms with Gasteiger partial charge in [0.15, 0.2) is 0 Å². The molecule has 1 saturated heterocycles. The maximum atomic E-state index is 13.7. The first-order valence-corrected chi connectivity index (χ1v) is 16.1. The van der Waals surface area contributed by atoms with E-state index in [0.29, 0.717) is 12.8 Å². The molecule has 0 saturated carbocycles. The molecule has 248 valence electrons. The van der Waals surface area contributed by atoms with Gasteiger partial charge in [-0.1, -0.05) is 42.5 Å². The van der Waals surface area contributed by atoms with Gasteiger partial charge in [-0.15, -0.1) is 13.2 Å². The molecule has 1 unspecified atom stereocenters. The number of benzene rings is 4. The molecular weight excluding hydrogens is 648 g/mol. The quantitative estimate of drug-likeness (QED) is 0.229. The number of halogens is 6. The lowest BCUT2D eigenvalue weighted by Gasteiger charge is -2.48. The standard InChI is InChI=1S/C33H29F6N3O4S/c34-32(35,36)23-8-5-9-24(18-23)41-19-27(40-47(44,45)26-16-14-25(15-17-26)46-33(37,38)39)31(43)30(20-41)42-28-10-3-1-6-21(28)12-13-22-7-2-4-11-29(22)42/h1-11,14-18,27,30-31,40,43H,12-13,19-20H2/t27-,30?,31+/m1/s1. The minimum atomic E-state index is -4.97. The van der Waals surface area contributed by atoms with Gasteiger partial charge >= 0.3 is 12.5 Å². The van der Waals surface area contributed by atoms with E-state index in [4.69, 9.17) is 0 Å². The number of anilines is 3. The third-order valence-corrected chi connectivity index (χ3v) is 9.85. The Morgan fingerprint density at radius 1 is 0.766 bits per heavy atom. The first kappa shape index (κ1) is 32.7. The smallest absolute Gasteiger partial charge is 0.406 e. The first-order valence-electron chi connectivity index (χ1n) is 14.6. The average molecular weight is 678 g/mol. The largest absolute Gasteiger partial charge is 0.573 e. The van der Waals surface area contributed by atoms with Gasteiger partial charge in [0.25, 0.3) is 0 Å². The van der Waals surface area contributed by atoms with Crippen molar-refractivity contribution < 1.29 is 44.6 Å². The molecule has 0 bridgehead atoms. The average Bonchev–Trinajstić information content (AvgIpc) is 3.18. The first-order chi connectivity index (χ1) is 22.2. The fourth-order valence-corrected chi connectivity index (χ4v) is 7.45. The highest BCUT2D eigenvalue weighted by Crippen LogP contribution is 2.41. The van der Waals surface area contributed by atoms with Gasteiger partial charge in [0.1, 0.15) is 5.75 Å². The van der Waals surface area contributed by atoms with Crippen LogP contribution in [-0.2, 0) is 29.0 Å². The van der Waals surface area contributed by atoms with Gasteiger partial charge in [-0.25, -0.2) is 13.1 Å². The number of aliphatic hydroxyl groups excluding tert-OH is 1. The fraction of sp³-hybridized carbons (Fsp3) is 0.273. The zero-order valence-corrected chi connectivity index (χ0v) is 25.4. The minimum absolute atomic E-state index is 0.0346. The second kappa shape index (κ2) is 12.4. The summed E-state index contributed by atoms with van der Waals surface area (Å²) in [6, 6.07) is 21.3. The summed E-state index contributed by atoms with van der Waals surface area (Å²) in [4.78, 5) is 3.13. The van der Waals surface area contributed by atoms with Crippen LogP contribution >= 0.6 is 0 Å². The summed E-state index contributed by atoms with van der Waals surface area (Å²) in [5, 5.41) is 11.9. The molecular formula is C33H29F6N3O4S. The third kappa shape index (κ3) is 7.04. The van der Waals surface area contributed by atoms with Crippen molar-refractivity contribution >= 4 is 27.1 Å². The van der Waals surface area contributed by atoms with Crippen LogP contribution in [0.4, 0.5) is 43.4 Å². The van der Waals surface area contributed by atoms with E-state index in [9.17, 15) is 39.9 Å². The van der Waals surface area contributed by atoms with Gasteiger partial charge in [0.05, 0.1) is 28.6 Å². The molecule has 2 heterocycles. The van der Waals surface area contributed by atoms with Crippen molar-refractivity contribution in [2.24, 2.45) is 0 Å². The SMILES string of the molecule is O=S(=O)(N[C@@H]1CN(c2cccc(C(F)(F)F)c2)CC(N2c3ccccc3CCc3ccccc32)[C@H]1O)c1ccc(OC(F)(F)F)cc1. The number of alkyl halides is 6. The van der Waals surface area contributed by atoms with Gasteiger partial charge in [-0.3, -0.25) is 0 Å². The summed E-state index contributed by atoms with van der Waals surface area (Å²) in [7, 11) is -4.44. The van der Waals surface area contributed by atoms with E-state index in [-0.39, 0.29) is 18.8 Å². The molecule has 3 atom stereocenters. The fourth-order valence-electron chi connectivity index (χ4n) is 6.21. The predicted octanol–water partition coefficient (Wildman–Crippen LogP) is 6.44. The van der Waals surface area contributed by atoms with Crippen molar-refractivity contribution in [3.05, 3.63) is 114 Å². The van der Waals surface area contributed by atoms with Crippen molar-refractivity contribution in [2.75, 3.05) is 22.9 Å². The molecule has 0 spiro atoms. The zero-order valence-electron chi connectivity index (χ0n) is 24.5. The lowest BCUT2D eigenvalue weighted by Crippen LogP contribution is -2.65. The molecule has 0 aliphatic carbocycles. The number of para-hydroxylation sites is 2. The summed E-state index contributed by atoms with van der Waals surface area (Å²) in [6.07, 6.45) is -9.60. The summed E-state index contributed by atoms with van der Waals surface area (Å²) in [5.41, 5.74) is 2.78. The molecule has 2 N–H and O–H groups in total. The van der Waals surface area contributed by atoms with E-state index in [2.05, 4.69) is 9.46 Å². The van der Waals surface area contributed by atoms with Crippen LogP contribution in [0.3, 0.4) is 0 Å². The number of nitrogens with one attached hydrogen (secondary N) is 1. The highest BCUT2D eigenvalue weighted by Gasteiger charge is 2.43. The zero-order chi connectivity index (χ0) is 33.6. The van der Waals surface area contributed by atoms with Crippen LogP contribution in [-0.4, -0.2) is 51.2 Å². The Balaban J connectivity index is 1.41. The highest BCUT2D eigenvalue weighted by atomic mass is 32.2. The number of hydrogen-bond donors (Lipinski definition) is 2. The molecule has 2 aliphatic rings. The Hall–Kier alpha value is -4.27. The highest BCUT2D eigenvalue weighted by molar-refractivity contribution is 7.89. The van der Waals surface area contributed by atoms with E-state index < -0.39 is 57.0 Å². The number of aliphatic hydroxyl groups is 1. The van der Waals surface area contributed by atoms with Gasteiger partial charge in [-0.05, 0) is 78.6 Å². The van der Waals surface area contributed by atoms with Crippen LogP contribution < -0.4 is 19.3 Å². The van der Waals surface area contributed by atoms with Crippen molar-refractivity contribution in [1.82, 2.24) is 4.72 Å². The number of aryl methyl sites for hydroxylation is 2. The molecule has 4 aromatic rings. The maximum absolute atomic E-state index is 13.7. The molecule has 0 aromatic heterocycles. The van der Waals surface area contributed by atoms with E-state index in [0.717, 1.165) is 58.9 Å². The number of piperidine rings is 1. The normalized spacial score (nSPS) is 20.3. The van der Waals surface area contributed by atoms with Gasteiger partial charge in [0, 0.05) is 30.2 Å². The lowest BCUT2D eigenvalue weighted by atomic mass is 9.93. The van der Waals surface area contributed by atoms with Crippen LogP contribution in [0.15, 0.2) is 102 Å². The summed E-state index contributed by atoms with van der Waals surface area (Å²) >= 11 is 0. The van der Waals surface area contributed by atoms with Crippen molar-refractivity contribution in [3.8, 4) is 5.75 Å². The molecule has 6 rings (SSSR count). The van der Waals surface area contributed by atoms with Gasteiger partial charge < -0.3 is 19.6 Å². The Morgan fingerprint density at radius 3 is 1.94 bits per heavy atom. The number of ether oxygens (including phenoxy) is 1. The van der Waals surface area contributed by atoms with E-state index in [1.807, 2.05) is 53.4 Å². The van der Waals surface area contributed by atoms with Crippen LogP contribution in [0.25, 0.3) is 0 Å². The Bertz CT molecular complexity index is 1800. The molecule has 0 amide bonds. The van der Waals surface area contributed by atoms with Crippen LogP contribution in [0.1, 0.15) is 16.7 Å². The Morgan fingerprint density at radius 2 is 1.36 bits per heavy atom.